The van der Waals surface area contributed by atoms with Crippen LogP contribution in [0.3, 0.4) is 0 Å². The maximum Gasteiger partial charge on any atom is 0.285 e. The molecule has 0 saturated heterocycles. The Hall–Kier alpha value is -1.10. The predicted molar refractivity (Wildman–Crippen MR) is 158 cm³/mol. The molecule has 1 rings (SSSR count). The van der Waals surface area contributed by atoms with Crippen molar-refractivity contribution in [2.75, 3.05) is 33.2 Å². The first kappa shape index (κ1) is 34.9. The third-order valence-electron chi connectivity index (χ3n) is 7.05. The van der Waals surface area contributed by atoms with E-state index in [2.05, 4.69) is 50.4 Å². The van der Waals surface area contributed by atoms with Gasteiger partial charge < -0.3 is 19.5 Å². The molecule has 0 saturated carbocycles. The van der Waals surface area contributed by atoms with Gasteiger partial charge in [0, 0.05) is 39.5 Å². The Kier molecular flexibility index (Phi) is 24.8. The minimum absolute atomic E-state index is 0.228. The molecular weight excluding hydrogens is 446 g/mol. The van der Waals surface area contributed by atoms with Gasteiger partial charge in [-0.3, -0.25) is 0 Å². The highest BCUT2D eigenvalue weighted by molar-refractivity contribution is 5.42. The van der Waals surface area contributed by atoms with E-state index in [0.29, 0.717) is 0 Å². The lowest BCUT2D eigenvalue weighted by Crippen LogP contribution is -2.44. The predicted octanol–water partition coefficient (Wildman–Crippen LogP) is 9.99. The van der Waals surface area contributed by atoms with Gasteiger partial charge in [-0.1, -0.05) is 129 Å². The highest BCUT2D eigenvalue weighted by Crippen LogP contribution is 2.32. The van der Waals surface area contributed by atoms with Gasteiger partial charge in [-0.25, -0.2) is 0 Å². The third-order valence-corrected chi connectivity index (χ3v) is 7.05. The molecular formula is C32H61NO3. The van der Waals surface area contributed by atoms with Gasteiger partial charge >= 0.3 is 0 Å². The van der Waals surface area contributed by atoms with Crippen LogP contribution in [0.2, 0.25) is 0 Å². The van der Waals surface area contributed by atoms with Crippen molar-refractivity contribution in [3.63, 3.8) is 0 Å². The fourth-order valence-corrected chi connectivity index (χ4v) is 4.76. The third kappa shape index (κ3) is 17.4. The maximum atomic E-state index is 5.64. The zero-order valence-corrected chi connectivity index (χ0v) is 24.9. The van der Waals surface area contributed by atoms with E-state index in [1.807, 2.05) is 6.07 Å². The van der Waals surface area contributed by atoms with Crippen LogP contribution >= 0.6 is 0 Å². The Morgan fingerprint density at radius 1 is 0.583 bits per heavy atom. The number of hydrogen-bond donors (Lipinski definition) is 1. The van der Waals surface area contributed by atoms with Crippen LogP contribution in [0.5, 0.6) is 0 Å². The smallest absolute Gasteiger partial charge is 0.285 e. The molecule has 0 spiro atoms. The van der Waals surface area contributed by atoms with Crippen molar-refractivity contribution in [2.24, 2.45) is 5.92 Å². The number of hydrogen-bond acceptors (Lipinski definition) is 4. The average Bonchev–Trinajstić information content (AvgIpc) is 2.92. The summed E-state index contributed by atoms with van der Waals surface area (Å²) in [7, 11) is 5.01. The summed E-state index contributed by atoms with van der Waals surface area (Å²) in [6.07, 6.45) is 22.3. The Bertz CT molecular complexity index is 531. The standard InChI is InChI=1S/C22H39NO3.C10H22/c1-5-6-7-8-9-11-15-20(22(24-2,25-3)26-4)16-14-19-23-21-17-12-10-13-18-21;1-3-5-7-9-10-8-6-4-2/h10,12-13,17-18,20,23H,5-9,11,14-16,19H2,1-4H3;3-10H2,1-2H3. The van der Waals surface area contributed by atoms with E-state index < -0.39 is 5.97 Å². The van der Waals surface area contributed by atoms with Crippen molar-refractivity contribution in [3.05, 3.63) is 30.3 Å². The topological polar surface area (TPSA) is 39.7 Å². The van der Waals surface area contributed by atoms with Gasteiger partial charge in [0.2, 0.25) is 0 Å². The number of benzene rings is 1. The quantitative estimate of drug-likeness (QED) is 0.118. The highest BCUT2D eigenvalue weighted by Gasteiger charge is 2.39. The van der Waals surface area contributed by atoms with Gasteiger partial charge in [-0.05, 0) is 31.4 Å². The van der Waals surface area contributed by atoms with E-state index in [0.717, 1.165) is 31.5 Å². The minimum Gasteiger partial charge on any atom is -0.385 e. The minimum atomic E-state index is -0.934. The molecule has 0 radical (unpaired) electrons. The number of ether oxygens (including phenoxy) is 3. The monoisotopic (exact) mass is 507 g/mol. The van der Waals surface area contributed by atoms with Crippen LogP contribution in [0.25, 0.3) is 0 Å². The molecule has 1 aromatic carbocycles. The molecule has 1 N–H and O–H groups in total. The zero-order chi connectivity index (χ0) is 26.7. The number of anilines is 1. The van der Waals surface area contributed by atoms with Crippen LogP contribution in [0.15, 0.2) is 30.3 Å². The van der Waals surface area contributed by atoms with Gasteiger partial charge in [0.1, 0.15) is 0 Å². The van der Waals surface area contributed by atoms with Crippen molar-refractivity contribution in [3.8, 4) is 0 Å². The van der Waals surface area contributed by atoms with Crippen molar-refractivity contribution in [1.82, 2.24) is 0 Å². The summed E-state index contributed by atoms with van der Waals surface area (Å²) in [5.74, 6) is -0.706. The van der Waals surface area contributed by atoms with Crippen LogP contribution in [0.4, 0.5) is 5.69 Å². The summed E-state index contributed by atoms with van der Waals surface area (Å²) >= 11 is 0. The van der Waals surface area contributed by atoms with Crippen molar-refractivity contribution < 1.29 is 14.2 Å². The Morgan fingerprint density at radius 3 is 1.44 bits per heavy atom. The van der Waals surface area contributed by atoms with Gasteiger partial charge in [0.05, 0.1) is 0 Å². The molecule has 4 heteroatoms. The van der Waals surface area contributed by atoms with Crippen molar-refractivity contribution >= 4 is 5.69 Å². The molecule has 0 bridgehead atoms. The first-order chi connectivity index (χ1) is 17.6. The summed E-state index contributed by atoms with van der Waals surface area (Å²) in [4.78, 5) is 0. The number of rotatable bonds is 23. The van der Waals surface area contributed by atoms with Crippen molar-refractivity contribution in [1.29, 1.82) is 0 Å². The molecule has 4 nitrogen and oxygen atoms in total. The number of para-hydroxylation sites is 1. The first-order valence-electron chi connectivity index (χ1n) is 15.1. The second kappa shape index (κ2) is 25.5. The second-order valence-corrected chi connectivity index (χ2v) is 10.0. The molecule has 0 aliphatic rings. The van der Waals surface area contributed by atoms with E-state index in [4.69, 9.17) is 14.2 Å². The van der Waals surface area contributed by atoms with Crippen molar-refractivity contribution in [2.45, 2.75) is 136 Å². The molecule has 1 aromatic rings. The van der Waals surface area contributed by atoms with Gasteiger partial charge in [-0.15, -0.1) is 0 Å². The van der Waals surface area contributed by atoms with Crippen LogP contribution in [-0.2, 0) is 14.2 Å². The number of nitrogens with one attached hydrogen (secondary N) is 1. The molecule has 1 atom stereocenters. The molecule has 0 aliphatic heterocycles. The normalized spacial score (nSPS) is 12.2. The highest BCUT2D eigenvalue weighted by atomic mass is 16.9. The summed E-state index contributed by atoms with van der Waals surface area (Å²) in [6.45, 7) is 7.73. The second-order valence-electron chi connectivity index (χ2n) is 10.0. The zero-order valence-electron chi connectivity index (χ0n) is 24.9. The fraction of sp³-hybridized carbons (Fsp3) is 0.812. The molecule has 36 heavy (non-hydrogen) atoms. The summed E-state index contributed by atoms with van der Waals surface area (Å²) < 4.78 is 16.9. The summed E-state index contributed by atoms with van der Waals surface area (Å²) in [5, 5.41) is 3.47. The van der Waals surface area contributed by atoms with Crippen LogP contribution < -0.4 is 5.32 Å². The Labute approximate surface area is 225 Å². The molecule has 0 heterocycles. The maximum absolute atomic E-state index is 5.64. The Balaban J connectivity index is 0.00000103. The number of methoxy groups -OCH3 is 3. The lowest BCUT2D eigenvalue weighted by Gasteiger charge is -2.36. The van der Waals surface area contributed by atoms with E-state index in [1.165, 1.54) is 89.9 Å². The molecule has 0 aromatic heterocycles. The van der Waals surface area contributed by atoms with Crippen LogP contribution in [-0.4, -0.2) is 33.8 Å². The lowest BCUT2D eigenvalue weighted by atomic mass is 9.93. The lowest BCUT2D eigenvalue weighted by molar-refractivity contribution is -0.380. The summed E-state index contributed by atoms with van der Waals surface area (Å²) in [6, 6.07) is 10.3. The van der Waals surface area contributed by atoms with Gasteiger partial charge in [0.15, 0.2) is 0 Å². The molecule has 0 fully saturated rings. The van der Waals surface area contributed by atoms with E-state index in [1.54, 1.807) is 21.3 Å². The van der Waals surface area contributed by atoms with E-state index in [9.17, 15) is 0 Å². The van der Waals surface area contributed by atoms with Crippen LogP contribution in [0.1, 0.15) is 130 Å². The van der Waals surface area contributed by atoms with E-state index in [-0.39, 0.29) is 5.92 Å². The molecule has 212 valence electrons. The fourth-order valence-electron chi connectivity index (χ4n) is 4.76. The molecule has 0 amide bonds. The van der Waals surface area contributed by atoms with E-state index >= 15 is 0 Å². The molecule has 1 unspecified atom stereocenters. The van der Waals surface area contributed by atoms with Gasteiger partial charge in [0.25, 0.3) is 5.97 Å². The average molecular weight is 508 g/mol. The van der Waals surface area contributed by atoms with Crippen LogP contribution in [0, 0.1) is 5.92 Å². The summed E-state index contributed by atoms with van der Waals surface area (Å²) in [5.41, 5.74) is 1.16. The first-order valence-corrected chi connectivity index (χ1v) is 15.1. The Morgan fingerprint density at radius 2 is 1.00 bits per heavy atom. The molecule has 0 aliphatic carbocycles. The van der Waals surface area contributed by atoms with Gasteiger partial charge in [-0.2, -0.15) is 0 Å². The SMILES string of the molecule is CCCCCCCCC(CCCNc1ccccc1)C(OC)(OC)OC.CCCCCCCCCC. The largest absolute Gasteiger partial charge is 0.385 e. The number of unbranched alkanes of at least 4 members (excludes halogenated alkanes) is 12.